The number of amides is 2. The molecule has 0 atom stereocenters. The van der Waals surface area contributed by atoms with Crippen LogP contribution in [0, 0.1) is 0 Å². The molecule has 0 saturated heterocycles. The zero-order chi connectivity index (χ0) is 14.0. The average molecular weight is 262 g/mol. The van der Waals surface area contributed by atoms with Gasteiger partial charge in [-0.3, -0.25) is 14.4 Å². The molecule has 6 nitrogen and oxygen atoms in total. The Bertz CT molecular complexity index is 554. The van der Waals surface area contributed by atoms with Crippen LogP contribution in [0.3, 0.4) is 0 Å². The highest BCUT2D eigenvalue weighted by Crippen LogP contribution is 2.34. The summed E-state index contributed by atoms with van der Waals surface area (Å²) in [4.78, 5) is 35.9. The molecule has 0 fully saturated rings. The van der Waals surface area contributed by atoms with E-state index in [-0.39, 0.29) is 18.8 Å². The predicted octanol–water partition coefficient (Wildman–Crippen LogP) is 0.959. The van der Waals surface area contributed by atoms with Gasteiger partial charge in [-0.05, 0) is 25.1 Å². The molecule has 1 aliphatic rings. The quantitative estimate of drug-likeness (QED) is 0.821. The molecule has 0 unspecified atom stereocenters. The fourth-order valence-electron chi connectivity index (χ4n) is 1.87. The van der Waals surface area contributed by atoms with E-state index < -0.39 is 11.8 Å². The first-order chi connectivity index (χ1) is 9.02. The Kier molecular flexibility index (Phi) is 3.50. The van der Waals surface area contributed by atoms with Gasteiger partial charge in [0.2, 0.25) is 5.91 Å². The molecule has 0 bridgehead atoms. The summed E-state index contributed by atoms with van der Waals surface area (Å²) in [5, 5.41) is 2.92. The molecule has 1 heterocycles. The van der Waals surface area contributed by atoms with E-state index in [0.717, 1.165) is 10.6 Å². The second-order valence-electron chi connectivity index (χ2n) is 4.22. The van der Waals surface area contributed by atoms with Gasteiger partial charge in [0, 0.05) is 12.7 Å². The van der Waals surface area contributed by atoms with Crippen LogP contribution < -0.4 is 15.0 Å². The smallest absolute Gasteiger partial charge is 0.271 e. The lowest BCUT2D eigenvalue weighted by atomic mass is 10.2. The molecule has 0 aliphatic carbocycles. The number of carbonyl (C=O) groups is 3. The molecule has 6 heteroatoms. The van der Waals surface area contributed by atoms with Gasteiger partial charge >= 0.3 is 0 Å². The Hall–Kier alpha value is -2.37. The number of imide groups is 1. The summed E-state index contributed by atoms with van der Waals surface area (Å²) < 4.78 is 5.26. The SMILES string of the molecule is CNc1ccc2c(c1)N(C(=O)CC(C)=O)C(=O)CO2. The third-order valence-corrected chi connectivity index (χ3v) is 2.74. The molecule has 2 rings (SSSR count). The maximum absolute atomic E-state index is 12.0. The van der Waals surface area contributed by atoms with Gasteiger partial charge in [-0.2, -0.15) is 0 Å². The van der Waals surface area contributed by atoms with E-state index >= 15 is 0 Å². The average Bonchev–Trinajstić information content (AvgIpc) is 2.36. The van der Waals surface area contributed by atoms with Crippen LogP contribution in [0.25, 0.3) is 0 Å². The monoisotopic (exact) mass is 262 g/mol. The molecule has 0 spiro atoms. The summed E-state index contributed by atoms with van der Waals surface area (Å²) in [5.74, 6) is -0.826. The lowest BCUT2D eigenvalue weighted by Gasteiger charge is -2.28. The molecule has 0 saturated carbocycles. The zero-order valence-corrected chi connectivity index (χ0v) is 10.7. The van der Waals surface area contributed by atoms with E-state index in [9.17, 15) is 14.4 Å². The predicted molar refractivity (Wildman–Crippen MR) is 69.3 cm³/mol. The van der Waals surface area contributed by atoms with Crippen molar-refractivity contribution in [3.05, 3.63) is 18.2 Å². The van der Waals surface area contributed by atoms with Gasteiger partial charge < -0.3 is 10.1 Å². The van der Waals surface area contributed by atoms with Crippen molar-refractivity contribution in [3.8, 4) is 5.75 Å². The van der Waals surface area contributed by atoms with Crippen LogP contribution in [0.4, 0.5) is 11.4 Å². The number of nitrogens with zero attached hydrogens (tertiary/aromatic N) is 1. The highest BCUT2D eigenvalue weighted by Gasteiger charge is 2.31. The number of hydrogen-bond donors (Lipinski definition) is 1. The van der Waals surface area contributed by atoms with Gasteiger partial charge in [0.05, 0.1) is 12.1 Å². The lowest BCUT2D eigenvalue weighted by Crippen LogP contribution is -2.43. The summed E-state index contributed by atoms with van der Waals surface area (Å²) in [6, 6.07) is 5.11. The number of ether oxygens (including phenoxy) is 1. The van der Waals surface area contributed by atoms with Crippen molar-refractivity contribution in [2.24, 2.45) is 0 Å². The number of hydrogen-bond acceptors (Lipinski definition) is 5. The lowest BCUT2D eigenvalue weighted by molar-refractivity contribution is -0.130. The Balaban J connectivity index is 2.41. The number of benzene rings is 1. The molecule has 1 N–H and O–H groups in total. The summed E-state index contributed by atoms with van der Waals surface area (Å²) in [7, 11) is 1.73. The van der Waals surface area contributed by atoms with Crippen molar-refractivity contribution < 1.29 is 19.1 Å². The topological polar surface area (TPSA) is 75.7 Å². The van der Waals surface area contributed by atoms with E-state index in [1.54, 1.807) is 25.2 Å². The molecule has 0 aromatic heterocycles. The fourth-order valence-corrected chi connectivity index (χ4v) is 1.87. The second-order valence-corrected chi connectivity index (χ2v) is 4.22. The Morgan fingerprint density at radius 3 is 2.79 bits per heavy atom. The van der Waals surface area contributed by atoms with Crippen molar-refractivity contribution in [1.29, 1.82) is 0 Å². The van der Waals surface area contributed by atoms with Crippen LogP contribution in [0.15, 0.2) is 18.2 Å². The van der Waals surface area contributed by atoms with Gasteiger partial charge in [0.1, 0.15) is 11.5 Å². The van der Waals surface area contributed by atoms with Crippen molar-refractivity contribution in [1.82, 2.24) is 0 Å². The third kappa shape index (κ3) is 2.57. The largest absolute Gasteiger partial charge is 0.482 e. The molecule has 19 heavy (non-hydrogen) atoms. The first-order valence-corrected chi connectivity index (χ1v) is 5.82. The molecule has 100 valence electrons. The van der Waals surface area contributed by atoms with Crippen molar-refractivity contribution >= 4 is 29.0 Å². The summed E-state index contributed by atoms with van der Waals surface area (Å²) in [6.07, 6.45) is -0.297. The van der Waals surface area contributed by atoms with E-state index in [0.29, 0.717) is 11.4 Å². The van der Waals surface area contributed by atoms with E-state index in [2.05, 4.69) is 5.32 Å². The fraction of sp³-hybridized carbons (Fsp3) is 0.308. The molecular formula is C13H14N2O4. The summed E-state index contributed by atoms with van der Waals surface area (Å²) in [6.45, 7) is 1.11. The Labute approximate surface area is 110 Å². The number of nitrogens with one attached hydrogen (secondary N) is 1. The molecule has 1 aromatic rings. The minimum absolute atomic E-state index is 0.199. The van der Waals surface area contributed by atoms with Crippen LogP contribution in [-0.4, -0.2) is 31.3 Å². The van der Waals surface area contributed by atoms with Gasteiger partial charge in [0.15, 0.2) is 6.61 Å². The van der Waals surface area contributed by atoms with E-state index in [1.807, 2.05) is 0 Å². The van der Waals surface area contributed by atoms with Crippen LogP contribution in [0.1, 0.15) is 13.3 Å². The van der Waals surface area contributed by atoms with Gasteiger partial charge in [0.25, 0.3) is 5.91 Å². The second kappa shape index (κ2) is 5.09. The van der Waals surface area contributed by atoms with Crippen LogP contribution >= 0.6 is 0 Å². The van der Waals surface area contributed by atoms with Gasteiger partial charge in [-0.1, -0.05) is 0 Å². The number of fused-ring (bicyclic) bond motifs is 1. The van der Waals surface area contributed by atoms with E-state index in [4.69, 9.17) is 4.74 Å². The highest BCUT2D eigenvalue weighted by atomic mass is 16.5. The first-order valence-electron chi connectivity index (χ1n) is 5.82. The standard InChI is InChI=1S/C13H14N2O4/c1-8(16)5-12(17)15-10-6-9(14-2)3-4-11(10)19-7-13(15)18/h3-4,6,14H,5,7H2,1-2H3. The van der Waals surface area contributed by atoms with E-state index in [1.165, 1.54) is 6.92 Å². The molecule has 1 aromatic carbocycles. The van der Waals surface area contributed by atoms with Gasteiger partial charge in [-0.25, -0.2) is 4.90 Å². The highest BCUT2D eigenvalue weighted by molar-refractivity contribution is 6.20. The summed E-state index contributed by atoms with van der Waals surface area (Å²) in [5.41, 5.74) is 1.12. The number of ketones is 1. The number of rotatable bonds is 3. The maximum Gasteiger partial charge on any atom is 0.271 e. The summed E-state index contributed by atoms with van der Waals surface area (Å²) >= 11 is 0. The number of Topliss-reactive ketones (excluding diaryl/α,β-unsaturated/α-hetero) is 1. The number of carbonyl (C=O) groups excluding carboxylic acids is 3. The van der Waals surface area contributed by atoms with Crippen molar-refractivity contribution in [3.63, 3.8) is 0 Å². The molecular weight excluding hydrogens is 248 g/mol. The maximum atomic E-state index is 12.0. The number of anilines is 2. The Morgan fingerprint density at radius 1 is 1.42 bits per heavy atom. The van der Waals surface area contributed by atoms with Crippen LogP contribution in [-0.2, 0) is 14.4 Å². The normalized spacial score (nSPS) is 13.6. The molecule has 1 aliphatic heterocycles. The van der Waals surface area contributed by atoms with Crippen molar-refractivity contribution in [2.45, 2.75) is 13.3 Å². The molecule has 2 amide bonds. The van der Waals surface area contributed by atoms with Gasteiger partial charge in [-0.15, -0.1) is 0 Å². The van der Waals surface area contributed by atoms with Crippen LogP contribution in [0.2, 0.25) is 0 Å². The Morgan fingerprint density at radius 2 is 2.16 bits per heavy atom. The minimum Gasteiger partial charge on any atom is -0.482 e. The van der Waals surface area contributed by atoms with Crippen LogP contribution in [0.5, 0.6) is 5.75 Å². The van der Waals surface area contributed by atoms with Crippen molar-refractivity contribution in [2.75, 3.05) is 23.9 Å². The third-order valence-electron chi connectivity index (χ3n) is 2.74. The molecule has 0 radical (unpaired) electrons. The zero-order valence-electron chi connectivity index (χ0n) is 10.7. The minimum atomic E-state index is -0.532. The first kappa shape index (κ1) is 13.1.